The second kappa shape index (κ2) is 6.06. The Morgan fingerprint density at radius 3 is 2.90 bits per heavy atom. The van der Waals surface area contributed by atoms with Crippen LogP contribution in [0.5, 0.6) is 5.75 Å². The van der Waals surface area contributed by atoms with E-state index in [0.29, 0.717) is 17.1 Å². The van der Waals surface area contributed by atoms with E-state index in [0.717, 1.165) is 6.07 Å². The van der Waals surface area contributed by atoms with Gasteiger partial charge in [-0.1, -0.05) is 12.1 Å². The summed E-state index contributed by atoms with van der Waals surface area (Å²) >= 11 is 0. The molecule has 0 saturated carbocycles. The number of rotatable bonds is 4. The van der Waals surface area contributed by atoms with Gasteiger partial charge in [-0.15, -0.1) is 0 Å². The Bertz CT molecular complexity index is 668. The first-order chi connectivity index (χ1) is 10.7. The number of methoxy groups -OCH3 is 1. The van der Waals surface area contributed by atoms with Crippen molar-refractivity contribution in [3.05, 3.63) is 53.8 Å². The van der Waals surface area contributed by atoms with E-state index in [2.05, 4.69) is 10.6 Å². The zero-order chi connectivity index (χ0) is 15.9. The summed E-state index contributed by atoms with van der Waals surface area (Å²) in [7, 11) is -0.414. The fraction of sp³-hybridized carbons (Fsp3) is 0.133. The normalized spacial score (nSPS) is 11.2. The van der Waals surface area contributed by atoms with E-state index in [9.17, 15) is 9.18 Å². The van der Waals surface area contributed by atoms with Gasteiger partial charge in [0.2, 0.25) is 0 Å². The van der Waals surface area contributed by atoms with Crippen LogP contribution in [0.25, 0.3) is 0 Å². The van der Waals surface area contributed by atoms with E-state index in [4.69, 9.17) is 7.48 Å². The quantitative estimate of drug-likeness (QED) is 0.902. The van der Waals surface area contributed by atoms with Crippen molar-refractivity contribution in [3.63, 3.8) is 0 Å². The molecule has 0 aliphatic heterocycles. The van der Waals surface area contributed by atoms with E-state index in [1.54, 1.807) is 24.3 Å². The molecule has 4 nitrogen and oxygen atoms in total. The third-order valence-corrected chi connectivity index (χ3v) is 2.71. The predicted octanol–water partition coefficient (Wildman–Crippen LogP) is 3.13. The summed E-state index contributed by atoms with van der Waals surface area (Å²) in [5.74, 6) is -0.717. The van der Waals surface area contributed by atoms with Crippen molar-refractivity contribution in [3.8, 4) is 5.75 Å². The highest BCUT2D eigenvalue weighted by molar-refractivity contribution is 6.08. The summed E-state index contributed by atoms with van der Waals surface area (Å²) in [6.07, 6.45) is 0. The van der Waals surface area contributed by atoms with E-state index in [1.807, 2.05) is 0 Å². The Hall–Kier alpha value is -2.56. The van der Waals surface area contributed by atoms with Gasteiger partial charge >= 0.3 is 0 Å². The molecule has 0 fully saturated rings. The van der Waals surface area contributed by atoms with E-state index >= 15 is 0 Å². The average Bonchev–Trinajstić information content (AvgIpc) is 2.51. The molecule has 0 heterocycles. The predicted molar refractivity (Wildman–Crippen MR) is 76.9 cm³/mol. The SMILES string of the molecule is [2H]CNc1ccc(F)cc1C(=O)Nc1ccccc1OC[2H]. The van der Waals surface area contributed by atoms with Crippen LogP contribution in [-0.2, 0) is 0 Å². The molecule has 0 saturated heterocycles. The number of ether oxygens (including phenoxy) is 1. The minimum atomic E-state index is -0.545. The number of carbonyl (C=O) groups excluding carboxylic acids is 1. The molecule has 0 aliphatic carbocycles. The number of carbonyl (C=O) groups is 1. The van der Waals surface area contributed by atoms with Crippen LogP contribution in [-0.4, -0.2) is 20.0 Å². The van der Waals surface area contributed by atoms with Crippen molar-refractivity contribution in [1.82, 2.24) is 0 Å². The van der Waals surface area contributed by atoms with Gasteiger partial charge in [-0.3, -0.25) is 4.79 Å². The zero-order valence-electron chi connectivity index (χ0n) is 12.7. The third kappa shape index (κ3) is 2.88. The molecule has 2 N–H and O–H groups in total. The number of anilines is 2. The van der Waals surface area contributed by atoms with Crippen molar-refractivity contribution in [1.29, 1.82) is 0 Å². The van der Waals surface area contributed by atoms with Crippen LogP contribution in [0.4, 0.5) is 15.8 Å². The second-order valence-corrected chi connectivity index (χ2v) is 3.96. The molecule has 0 atom stereocenters. The Labute approximate surface area is 119 Å². The number of benzene rings is 2. The van der Waals surface area contributed by atoms with Crippen molar-refractivity contribution in [2.75, 3.05) is 24.7 Å². The lowest BCUT2D eigenvalue weighted by Crippen LogP contribution is -2.15. The fourth-order valence-electron chi connectivity index (χ4n) is 1.74. The number of hydrogen-bond donors (Lipinski definition) is 2. The van der Waals surface area contributed by atoms with Crippen LogP contribution in [0.3, 0.4) is 0 Å². The smallest absolute Gasteiger partial charge is 0.257 e. The van der Waals surface area contributed by atoms with Gasteiger partial charge in [-0.2, -0.15) is 0 Å². The molecule has 2 aromatic rings. The fourth-order valence-corrected chi connectivity index (χ4v) is 1.74. The Kier molecular flexibility index (Phi) is 3.42. The number of hydrogen-bond acceptors (Lipinski definition) is 3. The molecular weight excluding hydrogens is 259 g/mol. The van der Waals surface area contributed by atoms with Gasteiger partial charge in [0.25, 0.3) is 5.91 Å². The second-order valence-electron chi connectivity index (χ2n) is 3.96. The molecule has 0 spiro atoms. The summed E-state index contributed by atoms with van der Waals surface area (Å²) in [6.45, 7) is 0. The number of nitrogens with one attached hydrogen (secondary N) is 2. The maximum absolute atomic E-state index is 13.4. The summed E-state index contributed by atoms with van der Waals surface area (Å²) in [4.78, 5) is 12.3. The van der Waals surface area contributed by atoms with Crippen molar-refractivity contribution in [2.45, 2.75) is 0 Å². The maximum Gasteiger partial charge on any atom is 0.257 e. The summed E-state index contributed by atoms with van der Waals surface area (Å²) < 4.78 is 32.7. The lowest BCUT2D eigenvalue weighted by Gasteiger charge is -2.12. The zero-order valence-corrected chi connectivity index (χ0v) is 10.7. The molecule has 0 aliphatic rings. The molecule has 0 unspecified atom stereocenters. The lowest BCUT2D eigenvalue weighted by atomic mass is 10.1. The molecule has 1 amide bonds. The molecule has 2 rings (SSSR count). The van der Waals surface area contributed by atoms with Gasteiger partial charge in [-0.25, -0.2) is 4.39 Å². The first kappa shape index (κ1) is 11.3. The molecule has 2 aromatic carbocycles. The highest BCUT2D eigenvalue weighted by Gasteiger charge is 2.14. The van der Waals surface area contributed by atoms with Crippen LogP contribution in [0.1, 0.15) is 13.1 Å². The highest BCUT2D eigenvalue weighted by atomic mass is 19.1. The van der Waals surface area contributed by atoms with Crippen LogP contribution in [0.2, 0.25) is 0 Å². The minimum Gasteiger partial charge on any atom is -0.495 e. The standard InChI is InChI=1S/C15H15FN2O2/c1-17-12-8-7-10(16)9-11(12)15(19)18-13-5-3-4-6-14(13)20-2/h3-9,17H,1-2H3,(H,18,19)/i1D,2D. The van der Waals surface area contributed by atoms with E-state index < -0.39 is 11.7 Å². The van der Waals surface area contributed by atoms with Crippen molar-refractivity contribution in [2.24, 2.45) is 0 Å². The molecule has 20 heavy (non-hydrogen) atoms. The first-order valence-corrected chi connectivity index (χ1v) is 5.80. The van der Waals surface area contributed by atoms with Crippen LogP contribution in [0.15, 0.2) is 42.5 Å². The summed E-state index contributed by atoms with van der Waals surface area (Å²) in [6, 6.07) is 10.4. The Morgan fingerprint density at radius 2 is 2.10 bits per heavy atom. The first-order valence-electron chi connectivity index (χ1n) is 7.22. The third-order valence-electron chi connectivity index (χ3n) is 2.71. The Balaban J connectivity index is 2.28. The molecule has 0 bridgehead atoms. The monoisotopic (exact) mass is 276 g/mol. The van der Waals surface area contributed by atoms with E-state index in [-0.39, 0.29) is 19.7 Å². The average molecular weight is 276 g/mol. The number of para-hydroxylation sites is 2. The summed E-state index contributed by atoms with van der Waals surface area (Å²) in [5, 5.41) is 5.31. The molecule has 0 aromatic heterocycles. The summed E-state index contributed by atoms with van der Waals surface area (Å²) in [5.41, 5.74) is 0.849. The van der Waals surface area contributed by atoms with E-state index in [1.165, 1.54) is 12.1 Å². The van der Waals surface area contributed by atoms with Crippen LogP contribution >= 0.6 is 0 Å². The van der Waals surface area contributed by atoms with Gasteiger partial charge in [0.05, 0.1) is 19.7 Å². The largest absolute Gasteiger partial charge is 0.495 e. The molecular formula is C15H15FN2O2. The van der Waals surface area contributed by atoms with Crippen molar-refractivity contribution >= 4 is 17.3 Å². The van der Waals surface area contributed by atoms with Crippen molar-refractivity contribution < 1.29 is 16.7 Å². The highest BCUT2D eigenvalue weighted by Crippen LogP contribution is 2.25. The lowest BCUT2D eigenvalue weighted by molar-refractivity contribution is 0.102. The van der Waals surface area contributed by atoms with Gasteiger partial charge < -0.3 is 15.4 Å². The number of halogens is 1. The molecule has 0 radical (unpaired) electrons. The van der Waals surface area contributed by atoms with Gasteiger partial charge in [0, 0.05) is 14.1 Å². The van der Waals surface area contributed by atoms with Crippen LogP contribution < -0.4 is 15.4 Å². The van der Waals surface area contributed by atoms with Crippen LogP contribution in [0, 0.1) is 5.82 Å². The minimum absolute atomic E-state index is 0.0907. The maximum atomic E-state index is 13.4. The molecule has 104 valence electrons. The Morgan fingerprint density at radius 1 is 1.25 bits per heavy atom. The number of amides is 1. The van der Waals surface area contributed by atoms with Gasteiger partial charge in [0.1, 0.15) is 11.6 Å². The van der Waals surface area contributed by atoms with Gasteiger partial charge in [-0.05, 0) is 30.3 Å². The molecule has 5 heteroatoms. The topological polar surface area (TPSA) is 50.4 Å². The van der Waals surface area contributed by atoms with Gasteiger partial charge in [0.15, 0.2) is 0 Å².